The van der Waals surface area contributed by atoms with E-state index in [1.807, 2.05) is 26.2 Å². The predicted octanol–water partition coefficient (Wildman–Crippen LogP) is 7.33. The molecule has 0 aliphatic heterocycles. The first kappa shape index (κ1) is 45.6. The zero-order chi connectivity index (χ0) is 44.8. The largest absolute Gasteiger partial charge is 0.381 e. The fraction of sp³-hybridized carbons (Fsp3) is 0.500. The first-order valence-corrected chi connectivity index (χ1v) is 24.3. The zero-order valence-corrected chi connectivity index (χ0v) is 38.0. The Balaban J connectivity index is 0.000000186. The second-order valence-corrected chi connectivity index (χ2v) is 22.5. The third kappa shape index (κ3) is 9.28. The molecule has 328 valence electrons. The topological polar surface area (TPSA) is 204 Å². The number of methoxy groups -OCH3 is 2. The quantitative estimate of drug-likeness (QED) is 0.122. The molecule has 2 aromatic carbocycles. The average Bonchev–Trinajstić information content (AvgIpc) is 3.83. The van der Waals surface area contributed by atoms with Crippen molar-refractivity contribution in [1.29, 1.82) is 10.5 Å². The maximum atomic E-state index is 13.4. The van der Waals surface area contributed by atoms with Gasteiger partial charge in [0.25, 0.3) is 0 Å². The second-order valence-electron chi connectivity index (χ2n) is 17.3. The predicted molar refractivity (Wildman–Crippen MR) is 229 cm³/mol. The lowest BCUT2D eigenvalue weighted by atomic mass is 9.91. The van der Waals surface area contributed by atoms with Gasteiger partial charge >= 0.3 is 0 Å². The molecule has 2 aromatic heterocycles. The van der Waals surface area contributed by atoms with Gasteiger partial charge < -0.3 is 9.47 Å². The zero-order valence-electron chi connectivity index (χ0n) is 34.8. The molecule has 4 aliphatic carbocycles. The Morgan fingerprint density at radius 1 is 0.694 bits per heavy atom. The van der Waals surface area contributed by atoms with Gasteiger partial charge in [0.1, 0.15) is 11.6 Å². The summed E-state index contributed by atoms with van der Waals surface area (Å²) in [5.41, 5.74) is 2.16. The smallest absolute Gasteiger partial charge is 0.182 e. The van der Waals surface area contributed by atoms with E-state index >= 15 is 0 Å². The number of rotatable bonds is 14. The van der Waals surface area contributed by atoms with E-state index in [1.165, 1.54) is 26.4 Å². The third-order valence-corrected chi connectivity index (χ3v) is 18.1. The summed E-state index contributed by atoms with van der Waals surface area (Å²) < 4.78 is 67.7. The van der Waals surface area contributed by atoms with Crippen molar-refractivity contribution >= 4 is 54.4 Å². The first-order chi connectivity index (χ1) is 29.4. The lowest BCUT2D eigenvalue weighted by molar-refractivity contribution is -0.127. The summed E-state index contributed by atoms with van der Waals surface area (Å²) >= 11 is 12.8. The summed E-state index contributed by atoms with van der Waals surface area (Å²) in [5.74, 6) is -1.22. The van der Waals surface area contributed by atoms with Crippen LogP contribution in [-0.2, 0) is 38.7 Å². The summed E-state index contributed by atoms with van der Waals surface area (Å²) in [6, 6.07) is 13.9. The van der Waals surface area contributed by atoms with Gasteiger partial charge in [-0.25, -0.2) is 26.2 Å². The van der Waals surface area contributed by atoms with Crippen LogP contribution >= 0.6 is 23.2 Å². The molecule has 0 spiro atoms. The molecule has 0 N–H and O–H groups in total. The number of hydrogen-bond acceptors (Lipinski definition) is 12. The van der Waals surface area contributed by atoms with Crippen LogP contribution in [-0.4, -0.2) is 84.9 Å². The molecule has 18 heteroatoms. The number of carbonyl (C=O) groups excluding carboxylic acids is 2. The van der Waals surface area contributed by atoms with Crippen LogP contribution in [0.25, 0.3) is 11.4 Å². The highest BCUT2D eigenvalue weighted by molar-refractivity contribution is 7.92. The van der Waals surface area contributed by atoms with E-state index in [9.17, 15) is 36.9 Å². The Morgan fingerprint density at radius 3 is 1.34 bits per heavy atom. The van der Waals surface area contributed by atoms with Crippen molar-refractivity contribution in [2.75, 3.05) is 14.2 Å². The summed E-state index contributed by atoms with van der Waals surface area (Å²) in [4.78, 5) is 25.8. The molecule has 8 rings (SSSR count). The van der Waals surface area contributed by atoms with E-state index in [0.717, 1.165) is 36.8 Å². The highest BCUT2D eigenvalue weighted by atomic mass is 35.5. The van der Waals surface area contributed by atoms with Crippen molar-refractivity contribution in [3.05, 3.63) is 82.4 Å². The van der Waals surface area contributed by atoms with Crippen molar-refractivity contribution in [3.63, 3.8) is 0 Å². The molecule has 14 nitrogen and oxygen atoms in total. The summed E-state index contributed by atoms with van der Waals surface area (Å²) in [6.07, 6.45) is 10.1. The molecule has 6 atom stereocenters. The number of Topliss-reactive ketones (excluding diaryl/α,β-unsaturated/α-hetero) is 2. The summed E-state index contributed by atoms with van der Waals surface area (Å²) in [6.45, 7) is 3.82. The number of ether oxygens (including phenoxy) is 2. The van der Waals surface area contributed by atoms with Gasteiger partial charge in [-0.05, 0) is 113 Å². The minimum Gasteiger partial charge on any atom is -0.381 e. The minimum absolute atomic E-state index is 0.0467. The molecule has 0 unspecified atom stereocenters. The van der Waals surface area contributed by atoms with Crippen molar-refractivity contribution in [2.24, 2.45) is 22.7 Å². The van der Waals surface area contributed by atoms with Crippen LogP contribution in [0.1, 0.15) is 75.3 Å². The van der Waals surface area contributed by atoms with Gasteiger partial charge in [0.15, 0.2) is 19.7 Å². The molecular formula is C44H48Cl2N6O8S2. The minimum atomic E-state index is -3.77. The molecule has 0 amide bonds. The molecule has 4 fully saturated rings. The van der Waals surface area contributed by atoms with E-state index < -0.39 is 65.0 Å². The highest BCUT2D eigenvalue weighted by Crippen LogP contribution is 2.51. The number of aromatic nitrogens is 4. The number of aryl methyl sites for hydroxylation is 2. The van der Waals surface area contributed by atoms with Crippen LogP contribution < -0.4 is 0 Å². The number of ketones is 2. The van der Waals surface area contributed by atoms with Gasteiger partial charge in [0.2, 0.25) is 0 Å². The molecule has 0 radical (unpaired) electrons. The monoisotopic (exact) mass is 922 g/mol. The Kier molecular flexibility index (Phi) is 13.0. The van der Waals surface area contributed by atoms with Gasteiger partial charge in [-0.1, -0.05) is 23.2 Å². The van der Waals surface area contributed by atoms with Crippen molar-refractivity contribution in [3.8, 4) is 23.5 Å². The van der Waals surface area contributed by atoms with Crippen molar-refractivity contribution < 1.29 is 35.9 Å². The second kappa shape index (κ2) is 17.6. The Hall–Kier alpha value is -4.42. The van der Waals surface area contributed by atoms with E-state index in [-0.39, 0.29) is 69.9 Å². The van der Waals surface area contributed by atoms with E-state index in [1.54, 1.807) is 46.0 Å². The van der Waals surface area contributed by atoms with Gasteiger partial charge in [-0.2, -0.15) is 20.7 Å². The van der Waals surface area contributed by atoms with E-state index in [2.05, 4.69) is 22.3 Å². The molecule has 62 heavy (non-hydrogen) atoms. The molecule has 4 aromatic rings. The number of sulfone groups is 2. The van der Waals surface area contributed by atoms with Gasteiger partial charge in [-0.15, -0.1) is 0 Å². The highest BCUT2D eigenvalue weighted by Gasteiger charge is 2.52. The van der Waals surface area contributed by atoms with Crippen LogP contribution in [0.3, 0.4) is 0 Å². The molecular weight excluding hydrogens is 876 g/mol. The fourth-order valence-electron chi connectivity index (χ4n) is 8.69. The van der Waals surface area contributed by atoms with Crippen LogP contribution in [0.5, 0.6) is 0 Å². The number of carbonyl (C=O) groups is 2. The van der Waals surface area contributed by atoms with Crippen molar-refractivity contribution in [1.82, 2.24) is 19.6 Å². The van der Waals surface area contributed by atoms with Crippen molar-refractivity contribution in [2.45, 2.75) is 111 Å². The molecule has 0 bridgehead atoms. The number of halogens is 2. The average molecular weight is 924 g/mol. The lowest BCUT2D eigenvalue weighted by Crippen LogP contribution is -2.26. The Labute approximate surface area is 371 Å². The standard InChI is InChI=1S/2C22H24ClN3O4S/c2*1-14-11-25-26(12-14)15-3-4-21(18(23)7-15)31(28,29)16-8-17(20(9-16)30-2)19(27)10-22(13-24)5-6-22/h2*3-4,7,11-12,16-17,20H,5-6,8-10H2,1-2H3/t2*16-,17+,20-/m10/s1. The van der Waals surface area contributed by atoms with E-state index in [4.69, 9.17) is 32.7 Å². The summed E-state index contributed by atoms with van der Waals surface area (Å²) in [7, 11) is -4.55. The molecule has 0 saturated heterocycles. The third-order valence-electron chi connectivity index (χ3n) is 12.8. The number of benzene rings is 2. The molecule has 4 saturated carbocycles. The maximum Gasteiger partial charge on any atom is 0.182 e. The van der Waals surface area contributed by atoms with Crippen LogP contribution in [0.4, 0.5) is 0 Å². The first-order valence-electron chi connectivity index (χ1n) is 20.4. The van der Waals surface area contributed by atoms with Gasteiger partial charge in [0, 0.05) is 51.3 Å². The maximum absolute atomic E-state index is 13.4. The number of nitriles is 2. The van der Waals surface area contributed by atoms with Crippen LogP contribution in [0.15, 0.2) is 71.0 Å². The van der Waals surface area contributed by atoms with Gasteiger partial charge in [-0.3, -0.25) is 9.59 Å². The van der Waals surface area contributed by atoms with Crippen LogP contribution in [0, 0.1) is 59.2 Å². The number of hydrogen-bond donors (Lipinski definition) is 0. The van der Waals surface area contributed by atoms with E-state index in [0.29, 0.717) is 11.4 Å². The lowest BCUT2D eigenvalue weighted by Gasteiger charge is -2.17. The van der Waals surface area contributed by atoms with Gasteiger partial charge in [0.05, 0.1) is 89.3 Å². The van der Waals surface area contributed by atoms with Crippen LogP contribution in [0.2, 0.25) is 10.0 Å². The fourth-order valence-corrected chi connectivity index (χ4v) is 13.4. The normalized spacial score (nSPS) is 24.6. The SMILES string of the molecule is CO[C@@H]1C[C@H](S(=O)(=O)c2ccc(-n3cc(C)cn3)cc2Cl)C[C@H]1C(=O)CC1(C#N)CC1.CO[C@H]1C[C@@H](S(=O)(=O)c2ccc(-n3cc(C)cn3)cc2Cl)C[C@@H]1C(=O)CC1(C#N)CC1. The Bertz CT molecular complexity index is 2510. The molecule has 2 heterocycles. The summed E-state index contributed by atoms with van der Waals surface area (Å²) in [5, 5.41) is 25.7. The number of nitrogens with zero attached hydrogens (tertiary/aromatic N) is 6. The Morgan fingerprint density at radius 2 is 1.06 bits per heavy atom. The molecule has 4 aliphatic rings.